The van der Waals surface area contributed by atoms with Crippen LogP contribution in [0, 0.1) is 0 Å². The minimum absolute atomic E-state index is 0.126. The molecule has 0 aromatic carbocycles. The second kappa shape index (κ2) is 5.97. The standard InChI is InChI=1S/C11H18N4OS/c12-11-14-9(8-17-11)10(16)13-4-3-7-15-5-1-2-6-15/h8H,1-7H2,(H2,12,14)(H,13,16). The van der Waals surface area contributed by atoms with Gasteiger partial charge in [0.1, 0.15) is 5.69 Å². The Bertz CT molecular complexity index is 373. The van der Waals surface area contributed by atoms with Crippen LogP contribution in [0.1, 0.15) is 29.8 Å². The summed E-state index contributed by atoms with van der Waals surface area (Å²) in [6.45, 7) is 4.18. The summed E-state index contributed by atoms with van der Waals surface area (Å²) in [6.07, 6.45) is 3.61. The number of carbonyl (C=O) groups is 1. The molecule has 5 nitrogen and oxygen atoms in total. The smallest absolute Gasteiger partial charge is 0.270 e. The fraction of sp³-hybridized carbons (Fsp3) is 0.636. The SMILES string of the molecule is Nc1nc(C(=O)NCCCN2CCCC2)cs1. The van der Waals surface area contributed by atoms with Crippen LogP contribution in [0.5, 0.6) is 0 Å². The molecule has 0 atom stereocenters. The molecule has 3 N–H and O–H groups in total. The van der Waals surface area contributed by atoms with Gasteiger partial charge in [0.2, 0.25) is 0 Å². The van der Waals surface area contributed by atoms with Crippen LogP contribution in [-0.2, 0) is 0 Å². The lowest BCUT2D eigenvalue weighted by Gasteiger charge is -2.13. The van der Waals surface area contributed by atoms with E-state index in [0.717, 1.165) is 13.0 Å². The number of nitrogen functional groups attached to an aromatic ring is 1. The summed E-state index contributed by atoms with van der Waals surface area (Å²) in [7, 11) is 0. The van der Waals surface area contributed by atoms with Crippen molar-refractivity contribution >= 4 is 22.4 Å². The Labute approximate surface area is 105 Å². The summed E-state index contributed by atoms with van der Waals surface area (Å²) in [5, 5.41) is 4.98. The van der Waals surface area contributed by atoms with E-state index >= 15 is 0 Å². The van der Waals surface area contributed by atoms with Crippen LogP contribution in [0.3, 0.4) is 0 Å². The van der Waals surface area contributed by atoms with E-state index in [0.29, 0.717) is 17.4 Å². The average Bonchev–Trinajstić information content (AvgIpc) is 2.95. The summed E-state index contributed by atoms with van der Waals surface area (Å²) in [5.41, 5.74) is 5.90. The van der Waals surface area contributed by atoms with E-state index in [1.807, 2.05) is 0 Å². The van der Waals surface area contributed by atoms with Gasteiger partial charge < -0.3 is 16.0 Å². The molecule has 1 aliphatic rings. The molecule has 6 heteroatoms. The molecule has 1 aromatic heterocycles. The average molecular weight is 254 g/mol. The first-order valence-corrected chi connectivity index (χ1v) is 6.85. The van der Waals surface area contributed by atoms with E-state index in [1.165, 1.54) is 37.3 Å². The van der Waals surface area contributed by atoms with Crippen molar-refractivity contribution in [2.45, 2.75) is 19.3 Å². The minimum atomic E-state index is -0.126. The van der Waals surface area contributed by atoms with Gasteiger partial charge in [-0.25, -0.2) is 4.98 Å². The van der Waals surface area contributed by atoms with Crippen molar-refractivity contribution < 1.29 is 4.79 Å². The Morgan fingerprint density at radius 1 is 1.53 bits per heavy atom. The molecule has 0 bridgehead atoms. The molecule has 2 heterocycles. The third-order valence-electron chi connectivity index (χ3n) is 2.89. The Balaban J connectivity index is 1.63. The molecule has 2 rings (SSSR count). The predicted octanol–water partition coefficient (Wildman–Crippen LogP) is 0.941. The van der Waals surface area contributed by atoms with Crippen molar-refractivity contribution in [1.82, 2.24) is 15.2 Å². The monoisotopic (exact) mass is 254 g/mol. The Morgan fingerprint density at radius 3 is 2.94 bits per heavy atom. The number of nitrogens with two attached hydrogens (primary N) is 1. The number of likely N-dealkylation sites (tertiary alicyclic amines) is 1. The number of nitrogens with one attached hydrogen (secondary N) is 1. The highest BCUT2D eigenvalue weighted by atomic mass is 32.1. The molecule has 94 valence electrons. The van der Waals surface area contributed by atoms with E-state index in [2.05, 4.69) is 15.2 Å². The first-order valence-electron chi connectivity index (χ1n) is 5.97. The molecular formula is C11H18N4OS. The number of amides is 1. The highest BCUT2D eigenvalue weighted by molar-refractivity contribution is 7.13. The predicted molar refractivity (Wildman–Crippen MR) is 69.2 cm³/mol. The van der Waals surface area contributed by atoms with Crippen LogP contribution in [0.15, 0.2) is 5.38 Å². The van der Waals surface area contributed by atoms with E-state index in [9.17, 15) is 4.79 Å². The molecular weight excluding hydrogens is 236 g/mol. The number of anilines is 1. The number of hydrogen-bond donors (Lipinski definition) is 2. The number of hydrogen-bond acceptors (Lipinski definition) is 5. The van der Waals surface area contributed by atoms with E-state index < -0.39 is 0 Å². The third-order valence-corrected chi connectivity index (χ3v) is 3.56. The molecule has 0 unspecified atom stereocenters. The van der Waals surface area contributed by atoms with Gasteiger partial charge in [0.25, 0.3) is 5.91 Å². The maximum Gasteiger partial charge on any atom is 0.270 e. The maximum absolute atomic E-state index is 11.6. The summed E-state index contributed by atoms with van der Waals surface area (Å²) < 4.78 is 0. The number of thiazole rings is 1. The first-order chi connectivity index (χ1) is 8.25. The topological polar surface area (TPSA) is 71.2 Å². The first kappa shape index (κ1) is 12.3. The second-order valence-electron chi connectivity index (χ2n) is 4.23. The Morgan fingerprint density at radius 2 is 2.29 bits per heavy atom. The van der Waals surface area contributed by atoms with E-state index in [-0.39, 0.29) is 5.91 Å². The molecule has 0 spiro atoms. The van der Waals surface area contributed by atoms with Crippen molar-refractivity contribution in [1.29, 1.82) is 0 Å². The number of nitrogens with zero attached hydrogens (tertiary/aromatic N) is 2. The summed E-state index contributed by atoms with van der Waals surface area (Å²) in [6, 6.07) is 0. The summed E-state index contributed by atoms with van der Waals surface area (Å²) >= 11 is 1.29. The van der Waals surface area contributed by atoms with Gasteiger partial charge in [-0.2, -0.15) is 0 Å². The summed E-state index contributed by atoms with van der Waals surface area (Å²) in [5.74, 6) is -0.126. The molecule has 0 radical (unpaired) electrons. The molecule has 0 aliphatic carbocycles. The molecule has 0 saturated carbocycles. The Kier molecular flexibility index (Phi) is 4.33. The van der Waals surface area contributed by atoms with Crippen molar-refractivity contribution in [2.75, 3.05) is 31.9 Å². The fourth-order valence-electron chi connectivity index (χ4n) is 1.99. The highest BCUT2D eigenvalue weighted by Gasteiger charge is 2.11. The van der Waals surface area contributed by atoms with Crippen LogP contribution in [0.25, 0.3) is 0 Å². The van der Waals surface area contributed by atoms with Gasteiger partial charge in [-0.05, 0) is 38.9 Å². The Hall–Kier alpha value is -1.14. The van der Waals surface area contributed by atoms with E-state index in [4.69, 9.17) is 5.73 Å². The highest BCUT2D eigenvalue weighted by Crippen LogP contribution is 2.10. The second-order valence-corrected chi connectivity index (χ2v) is 5.12. The van der Waals surface area contributed by atoms with Gasteiger partial charge in [0.05, 0.1) is 0 Å². The van der Waals surface area contributed by atoms with Crippen LogP contribution in [0.4, 0.5) is 5.13 Å². The van der Waals surface area contributed by atoms with Gasteiger partial charge in [-0.1, -0.05) is 0 Å². The van der Waals surface area contributed by atoms with Crippen LogP contribution < -0.4 is 11.1 Å². The molecule has 17 heavy (non-hydrogen) atoms. The number of rotatable bonds is 5. The van der Waals surface area contributed by atoms with Crippen molar-refractivity contribution in [2.24, 2.45) is 0 Å². The van der Waals surface area contributed by atoms with Crippen LogP contribution in [0.2, 0.25) is 0 Å². The van der Waals surface area contributed by atoms with Gasteiger partial charge in [-0.3, -0.25) is 4.79 Å². The van der Waals surface area contributed by atoms with Gasteiger partial charge in [0, 0.05) is 11.9 Å². The zero-order valence-electron chi connectivity index (χ0n) is 9.82. The lowest BCUT2D eigenvalue weighted by atomic mass is 10.3. The minimum Gasteiger partial charge on any atom is -0.375 e. The van der Waals surface area contributed by atoms with Crippen molar-refractivity contribution in [3.8, 4) is 0 Å². The molecule has 1 saturated heterocycles. The van der Waals surface area contributed by atoms with Gasteiger partial charge in [0.15, 0.2) is 5.13 Å². The molecule has 1 aromatic rings. The summed E-state index contributed by atoms with van der Waals surface area (Å²) in [4.78, 5) is 18.0. The van der Waals surface area contributed by atoms with Crippen LogP contribution in [-0.4, -0.2) is 42.0 Å². The molecule has 1 fully saturated rings. The van der Waals surface area contributed by atoms with E-state index in [1.54, 1.807) is 5.38 Å². The van der Waals surface area contributed by atoms with Crippen molar-refractivity contribution in [3.05, 3.63) is 11.1 Å². The van der Waals surface area contributed by atoms with Gasteiger partial charge in [-0.15, -0.1) is 11.3 Å². The molecule has 1 amide bonds. The number of carbonyl (C=O) groups excluding carboxylic acids is 1. The van der Waals surface area contributed by atoms with Crippen molar-refractivity contribution in [3.63, 3.8) is 0 Å². The number of aromatic nitrogens is 1. The van der Waals surface area contributed by atoms with Gasteiger partial charge >= 0.3 is 0 Å². The maximum atomic E-state index is 11.6. The van der Waals surface area contributed by atoms with Crippen LogP contribution >= 0.6 is 11.3 Å². The quantitative estimate of drug-likeness (QED) is 0.767. The zero-order chi connectivity index (χ0) is 12.1. The molecule has 1 aliphatic heterocycles. The lowest BCUT2D eigenvalue weighted by molar-refractivity contribution is 0.0948. The normalized spacial score (nSPS) is 16.2. The largest absolute Gasteiger partial charge is 0.375 e. The lowest BCUT2D eigenvalue weighted by Crippen LogP contribution is -2.28. The fourth-order valence-corrected chi connectivity index (χ4v) is 2.54. The zero-order valence-corrected chi connectivity index (χ0v) is 10.6. The third kappa shape index (κ3) is 3.67.